The van der Waals surface area contributed by atoms with E-state index in [1.807, 2.05) is 12.1 Å². The van der Waals surface area contributed by atoms with Gasteiger partial charge in [-0.05, 0) is 42.2 Å². The van der Waals surface area contributed by atoms with Crippen LogP contribution in [0, 0.1) is 0 Å². The van der Waals surface area contributed by atoms with E-state index in [9.17, 15) is 0 Å². The highest BCUT2D eigenvalue weighted by molar-refractivity contribution is 6.30. The van der Waals surface area contributed by atoms with Crippen LogP contribution in [0.3, 0.4) is 0 Å². The highest BCUT2D eigenvalue weighted by Gasteiger charge is 2.28. The number of nitrogens with one attached hydrogen (secondary N) is 1. The number of hydrogen-bond acceptors (Lipinski definition) is 2. The second kappa shape index (κ2) is 5.57. The predicted octanol–water partition coefficient (Wildman–Crippen LogP) is 4.14. The number of rotatable bonds is 3. The molecule has 3 N–H and O–H groups in total. The molecule has 2 unspecified atom stereocenters. The van der Waals surface area contributed by atoms with Crippen molar-refractivity contribution in [2.45, 2.75) is 31.5 Å². The molecule has 0 saturated heterocycles. The average molecular weight is 287 g/mol. The molecule has 20 heavy (non-hydrogen) atoms. The van der Waals surface area contributed by atoms with E-state index in [2.05, 4.69) is 48.6 Å². The lowest BCUT2D eigenvalue weighted by Gasteiger charge is -2.21. The molecule has 1 aliphatic rings. The van der Waals surface area contributed by atoms with Crippen molar-refractivity contribution in [1.29, 1.82) is 0 Å². The lowest BCUT2D eigenvalue weighted by atomic mass is 10.0. The normalized spacial score (nSPS) is 22.6. The lowest BCUT2D eigenvalue weighted by molar-refractivity contribution is 0.446. The Morgan fingerprint density at radius 1 is 1.10 bits per heavy atom. The van der Waals surface area contributed by atoms with Crippen molar-refractivity contribution in [2.24, 2.45) is 5.73 Å². The fourth-order valence-electron chi connectivity index (χ4n) is 2.98. The molecule has 3 heteroatoms. The first-order chi connectivity index (χ1) is 9.65. The van der Waals surface area contributed by atoms with Crippen LogP contribution in [0.5, 0.6) is 0 Å². The summed E-state index contributed by atoms with van der Waals surface area (Å²) in [5, 5.41) is 4.45. The standard InChI is InChI=1S/C17H19ClN2/c1-11(12-6-8-13(18)9-7-12)20-17-10-16(19)14-4-2-3-5-15(14)17/h2-9,11,16-17,20H,10,19H2,1H3/t11-,16?,17?/m0/s1. The van der Waals surface area contributed by atoms with Gasteiger partial charge in [-0.3, -0.25) is 0 Å². The summed E-state index contributed by atoms with van der Waals surface area (Å²) in [6.45, 7) is 2.18. The molecule has 0 aromatic heterocycles. The molecular formula is C17H19ClN2. The highest BCUT2D eigenvalue weighted by Crippen LogP contribution is 2.38. The van der Waals surface area contributed by atoms with Gasteiger partial charge in [-0.2, -0.15) is 0 Å². The second-order valence-corrected chi connectivity index (χ2v) is 5.90. The molecule has 2 aromatic rings. The Hall–Kier alpha value is -1.35. The van der Waals surface area contributed by atoms with E-state index in [1.54, 1.807) is 0 Å². The fourth-order valence-corrected chi connectivity index (χ4v) is 3.11. The van der Waals surface area contributed by atoms with Crippen LogP contribution in [0.1, 0.15) is 48.2 Å². The van der Waals surface area contributed by atoms with Crippen LogP contribution in [0.15, 0.2) is 48.5 Å². The molecule has 0 spiro atoms. The van der Waals surface area contributed by atoms with Crippen LogP contribution < -0.4 is 11.1 Å². The van der Waals surface area contributed by atoms with Gasteiger partial charge >= 0.3 is 0 Å². The van der Waals surface area contributed by atoms with Gasteiger partial charge in [-0.25, -0.2) is 0 Å². The first kappa shape index (κ1) is 13.6. The van der Waals surface area contributed by atoms with E-state index in [4.69, 9.17) is 17.3 Å². The molecule has 104 valence electrons. The van der Waals surface area contributed by atoms with Crippen molar-refractivity contribution in [2.75, 3.05) is 0 Å². The predicted molar refractivity (Wildman–Crippen MR) is 83.7 cm³/mol. The Kier molecular flexibility index (Phi) is 3.79. The molecule has 0 saturated carbocycles. The zero-order valence-electron chi connectivity index (χ0n) is 11.5. The Labute approximate surface area is 125 Å². The molecule has 3 atom stereocenters. The third kappa shape index (κ3) is 2.59. The van der Waals surface area contributed by atoms with Gasteiger partial charge < -0.3 is 11.1 Å². The van der Waals surface area contributed by atoms with Crippen LogP contribution in [0.25, 0.3) is 0 Å². The molecule has 0 bridgehead atoms. The maximum absolute atomic E-state index is 6.21. The minimum Gasteiger partial charge on any atom is -0.324 e. The third-order valence-corrected chi connectivity index (χ3v) is 4.33. The first-order valence-electron chi connectivity index (χ1n) is 7.01. The quantitative estimate of drug-likeness (QED) is 0.890. The van der Waals surface area contributed by atoms with Gasteiger partial charge in [0.1, 0.15) is 0 Å². The Bertz CT molecular complexity index is 594. The van der Waals surface area contributed by atoms with E-state index in [0.29, 0.717) is 6.04 Å². The van der Waals surface area contributed by atoms with Crippen molar-refractivity contribution >= 4 is 11.6 Å². The molecule has 2 nitrogen and oxygen atoms in total. The summed E-state index contributed by atoms with van der Waals surface area (Å²) in [7, 11) is 0. The fraction of sp³-hybridized carbons (Fsp3) is 0.294. The first-order valence-corrected chi connectivity index (χ1v) is 7.39. The van der Waals surface area contributed by atoms with Gasteiger partial charge in [0.15, 0.2) is 0 Å². The van der Waals surface area contributed by atoms with Gasteiger partial charge in [0.25, 0.3) is 0 Å². The van der Waals surface area contributed by atoms with Crippen LogP contribution in [-0.2, 0) is 0 Å². The molecule has 1 aliphatic carbocycles. The van der Waals surface area contributed by atoms with Crippen LogP contribution in [0.4, 0.5) is 0 Å². The number of hydrogen-bond donors (Lipinski definition) is 2. The third-order valence-electron chi connectivity index (χ3n) is 4.08. The number of fused-ring (bicyclic) bond motifs is 1. The number of nitrogens with two attached hydrogens (primary N) is 1. The summed E-state index contributed by atoms with van der Waals surface area (Å²) in [5.41, 5.74) is 10.1. The summed E-state index contributed by atoms with van der Waals surface area (Å²) in [4.78, 5) is 0. The molecule has 3 rings (SSSR count). The van der Waals surface area contributed by atoms with E-state index in [0.717, 1.165) is 11.4 Å². The average Bonchev–Trinajstić information content (AvgIpc) is 2.77. The summed E-state index contributed by atoms with van der Waals surface area (Å²) < 4.78 is 0. The lowest BCUT2D eigenvalue weighted by Crippen LogP contribution is -2.23. The van der Waals surface area contributed by atoms with E-state index >= 15 is 0 Å². The number of benzene rings is 2. The van der Waals surface area contributed by atoms with Crippen LogP contribution in [-0.4, -0.2) is 0 Å². The summed E-state index contributed by atoms with van der Waals surface area (Å²) in [6.07, 6.45) is 0.956. The Morgan fingerprint density at radius 2 is 1.75 bits per heavy atom. The summed E-state index contributed by atoms with van der Waals surface area (Å²) in [6, 6.07) is 17.2. The topological polar surface area (TPSA) is 38.0 Å². The van der Waals surface area contributed by atoms with Gasteiger partial charge in [-0.15, -0.1) is 0 Å². The zero-order valence-corrected chi connectivity index (χ0v) is 12.3. The molecule has 0 fully saturated rings. The van der Waals surface area contributed by atoms with Crippen LogP contribution >= 0.6 is 11.6 Å². The molecular weight excluding hydrogens is 268 g/mol. The van der Waals surface area contributed by atoms with E-state index in [1.165, 1.54) is 16.7 Å². The monoisotopic (exact) mass is 286 g/mol. The smallest absolute Gasteiger partial charge is 0.0406 e. The molecule has 0 aliphatic heterocycles. The van der Waals surface area contributed by atoms with Crippen molar-refractivity contribution < 1.29 is 0 Å². The van der Waals surface area contributed by atoms with Crippen molar-refractivity contribution in [3.8, 4) is 0 Å². The number of halogens is 1. The highest BCUT2D eigenvalue weighted by atomic mass is 35.5. The molecule has 0 heterocycles. The van der Waals surface area contributed by atoms with E-state index < -0.39 is 0 Å². The van der Waals surface area contributed by atoms with Crippen LogP contribution in [0.2, 0.25) is 5.02 Å². The Balaban J connectivity index is 1.77. The summed E-state index contributed by atoms with van der Waals surface area (Å²) >= 11 is 5.94. The molecule has 0 amide bonds. The zero-order chi connectivity index (χ0) is 14.1. The largest absolute Gasteiger partial charge is 0.324 e. The Morgan fingerprint density at radius 3 is 2.45 bits per heavy atom. The van der Waals surface area contributed by atoms with Gasteiger partial charge in [0, 0.05) is 23.1 Å². The minimum absolute atomic E-state index is 0.140. The van der Waals surface area contributed by atoms with Gasteiger partial charge in [0.05, 0.1) is 0 Å². The second-order valence-electron chi connectivity index (χ2n) is 5.46. The van der Waals surface area contributed by atoms with Crippen molar-refractivity contribution in [1.82, 2.24) is 5.32 Å². The molecule has 2 aromatic carbocycles. The van der Waals surface area contributed by atoms with Crippen molar-refractivity contribution in [3.63, 3.8) is 0 Å². The maximum atomic E-state index is 6.21. The molecule has 0 radical (unpaired) electrons. The maximum Gasteiger partial charge on any atom is 0.0406 e. The SMILES string of the molecule is C[C@H](NC1CC(N)c2ccccc21)c1ccc(Cl)cc1. The van der Waals surface area contributed by atoms with E-state index in [-0.39, 0.29) is 12.1 Å². The minimum atomic E-state index is 0.140. The summed E-state index contributed by atoms with van der Waals surface area (Å²) in [5.74, 6) is 0. The van der Waals surface area contributed by atoms with Gasteiger partial charge in [0.2, 0.25) is 0 Å². The van der Waals surface area contributed by atoms with Gasteiger partial charge in [-0.1, -0.05) is 48.0 Å². The van der Waals surface area contributed by atoms with Crippen molar-refractivity contribution in [3.05, 3.63) is 70.2 Å².